The lowest BCUT2D eigenvalue weighted by Gasteiger charge is -2.21. The Bertz CT molecular complexity index is 614. The number of anilines is 2. The van der Waals surface area contributed by atoms with Crippen molar-refractivity contribution in [1.82, 2.24) is 0 Å². The zero-order valence-corrected chi connectivity index (χ0v) is 10.4. The van der Waals surface area contributed by atoms with Crippen LogP contribution >= 0.6 is 0 Å². The van der Waals surface area contributed by atoms with Crippen molar-refractivity contribution < 1.29 is 0 Å². The van der Waals surface area contributed by atoms with Crippen LogP contribution in [-0.4, -0.2) is 7.05 Å². The van der Waals surface area contributed by atoms with Gasteiger partial charge in [-0.15, -0.1) is 0 Å². The molecule has 18 heavy (non-hydrogen) atoms. The monoisotopic (exact) mass is 236 g/mol. The van der Waals surface area contributed by atoms with Gasteiger partial charge in [0.05, 0.1) is 0 Å². The fourth-order valence-corrected chi connectivity index (χ4v) is 2.60. The third-order valence-corrected chi connectivity index (χ3v) is 3.55. The number of rotatable bonds is 0. The van der Waals surface area contributed by atoms with Crippen LogP contribution in [0.1, 0.15) is 11.1 Å². The van der Waals surface area contributed by atoms with Gasteiger partial charge in [-0.1, -0.05) is 36.4 Å². The molecular weight excluding hydrogens is 220 g/mol. The van der Waals surface area contributed by atoms with Crippen LogP contribution in [0.2, 0.25) is 0 Å². The SMILES string of the molecule is CN1c2ccccc2CC(=CN)c2ccccc21. The van der Waals surface area contributed by atoms with Crippen LogP contribution in [0.3, 0.4) is 0 Å². The minimum Gasteiger partial charge on any atom is -0.404 e. The van der Waals surface area contributed by atoms with Crippen molar-refractivity contribution in [2.45, 2.75) is 6.42 Å². The maximum absolute atomic E-state index is 5.81. The largest absolute Gasteiger partial charge is 0.404 e. The van der Waals surface area contributed by atoms with E-state index >= 15 is 0 Å². The zero-order chi connectivity index (χ0) is 12.5. The molecule has 1 heterocycles. The third-order valence-electron chi connectivity index (χ3n) is 3.55. The summed E-state index contributed by atoms with van der Waals surface area (Å²) in [4.78, 5) is 2.24. The predicted molar refractivity (Wildman–Crippen MR) is 76.8 cm³/mol. The second-order valence-corrected chi connectivity index (χ2v) is 4.57. The summed E-state index contributed by atoms with van der Waals surface area (Å²) in [5, 5.41) is 0. The Balaban J connectivity index is 2.28. The Morgan fingerprint density at radius 1 is 1.00 bits per heavy atom. The molecule has 2 heteroatoms. The van der Waals surface area contributed by atoms with Crippen molar-refractivity contribution in [3.05, 3.63) is 65.9 Å². The molecule has 0 fully saturated rings. The van der Waals surface area contributed by atoms with Gasteiger partial charge in [0.25, 0.3) is 0 Å². The Morgan fingerprint density at radius 3 is 2.44 bits per heavy atom. The molecule has 0 unspecified atom stereocenters. The summed E-state index contributed by atoms with van der Waals surface area (Å²) >= 11 is 0. The maximum atomic E-state index is 5.81. The van der Waals surface area contributed by atoms with Crippen molar-refractivity contribution in [1.29, 1.82) is 0 Å². The van der Waals surface area contributed by atoms with Gasteiger partial charge in [-0.3, -0.25) is 0 Å². The Hall–Kier alpha value is -2.22. The summed E-state index contributed by atoms with van der Waals surface area (Å²) in [6, 6.07) is 16.9. The lowest BCUT2D eigenvalue weighted by atomic mass is 9.99. The van der Waals surface area contributed by atoms with E-state index in [-0.39, 0.29) is 0 Å². The Labute approximate surface area is 107 Å². The van der Waals surface area contributed by atoms with Crippen LogP contribution in [0, 0.1) is 0 Å². The quantitative estimate of drug-likeness (QED) is 0.760. The lowest BCUT2D eigenvalue weighted by Crippen LogP contribution is -2.10. The number of fused-ring (bicyclic) bond motifs is 2. The number of benzene rings is 2. The number of nitrogens with two attached hydrogens (primary N) is 1. The summed E-state index contributed by atoms with van der Waals surface area (Å²) in [5.41, 5.74) is 12.0. The van der Waals surface area contributed by atoms with Gasteiger partial charge < -0.3 is 10.6 Å². The van der Waals surface area contributed by atoms with Crippen LogP contribution in [0.15, 0.2) is 54.7 Å². The highest BCUT2D eigenvalue weighted by molar-refractivity contribution is 5.85. The predicted octanol–water partition coefficient (Wildman–Crippen LogP) is 3.31. The molecule has 3 rings (SSSR count). The number of allylic oxidation sites excluding steroid dienone is 1. The Morgan fingerprint density at radius 2 is 1.67 bits per heavy atom. The molecular formula is C16H16N2. The van der Waals surface area contributed by atoms with E-state index in [1.807, 2.05) is 0 Å². The van der Waals surface area contributed by atoms with E-state index in [1.165, 1.54) is 28.1 Å². The van der Waals surface area contributed by atoms with Crippen LogP contribution in [-0.2, 0) is 6.42 Å². The minimum atomic E-state index is 0.883. The van der Waals surface area contributed by atoms with E-state index in [2.05, 4.69) is 60.5 Å². The molecule has 0 spiro atoms. The van der Waals surface area contributed by atoms with Crippen LogP contribution in [0.5, 0.6) is 0 Å². The molecule has 0 atom stereocenters. The molecule has 2 aromatic rings. The van der Waals surface area contributed by atoms with E-state index in [0.717, 1.165) is 6.42 Å². The van der Waals surface area contributed by atoms with Crippen molar-refractivity contribution in [2.75, 3.05) is 11.9 Å². The van der Waals surface area contributed by atoms with Gasteiger partial charge >= 0.3 is 0 Å². The first-order valence-corrected chi connectivity index (χ1v) is 6.13. The van der Waals surface area contributed by atoms with Crippen LogP contribution < -0.4 is 10.6 Å². The van der Waals surface area contributed by atoms with Crippen molar-refractivity contribution in [3.8, 4) is 0 Å². The van der Waals surface area contributed by atoms with Crippen molar-refractivity contribution in [3.63, 3.8) is 0 Å². The summed E-state index contributed by atoms with van der Waals surface area (Å²) in [6.07, 6.45) is 2.61. The summed E-state index contributed by atoms with van der Waals surface area (Å²) in [7, 11) is 2.11. The fraction of sp³-hybridized carbons (Fsp3) is 0.125. The Kier molecular flexibility index (Phi) is 2.56. The van der Waals surface area contributed by atoms with Crippen molar-refractivity contribution >= 4 is 16.9 Å². The molecule has 0 saturated heterocycles. The first-order valence-electron chi connectivity index (χ1n) is 6.13. The zero-order valence-electron chi connectivity index (χ0n) is 10.4. The molecule has 0 saturated carbocycles. The molecule has 0 aliphatic carbocycles. The second kappa shape index (κ2) is 4.22. The van der Waals surface area contributed by atoms with Crippen LogP contribution in [0.25, 0.3) is 5.57 Å². The fourth-order valence-electron chi connectivity index (χ4n) is 2.60. The number of hydrogen-bond donors (Lipinski definition) is 1. The highest BCUT2D eigenvalue weighted by Gasteiger charge is 2.19. The highest BCUT2D eigenvalue weighted by atomic mass is 15.1. The molecule has 2 nitrogen and oxygen atoms in total. The average Bonchev–Trinajstić information content (AvgIpc) is 2.55. The molecule has 0 amide bonds. The number of para-hydroxylation sites is 2. The highest BCUT2D eigenvalue weighted by Crippen LogP contribution is 2.38. The first kappa shape index (κ1) is 10.9. The van der Waals surface area contributed by atoms with Gasteiger partial charge in [-0.2, -0.15) is 0 Å². The van der Waals surface area contributed by atoms with Gasteiger partial charge in [0, 0.05) is 30.4 Å². The molecule has 2 aromatic carbocycles. The van der Waals surface area contributed by atoms with Gasteiger partial charge in [0.15, 0.2) is 0 Å². The standard InChI is InChI=1S/C16H16N2/c1-18-15-8-4-2-6-12(15)10-13(11-17)14-7-3-5-9-16(14)18/h2-9,11H,10,17H2,1H3. The smallest absolute Gasteiger partial charge is 0.0485 e. The normalized spacial score (nSPS) is 16.1. The molecule has 90 valence electrons. The molecule has 2 N–H and O–H groups in total. The van der Waals surface area contributed by atoms with Gasteiger partial charge in [0.1, 0.15) is 0 Å². The van der Waals surface area contributed by atoms with Gasteiger partial charge in [-0.05, 0) is 29.5 Å². The molecule has 0 bridgehead atoms. The van der Waals surface area contributed by atoms with E-state index in [0.29, 0.717) is 0 Å². The summed E-state index contributed by atoms with van der Waals surface area (Å²) in [5.74, 6) is 0. The van der Waals surface area contributed by atoms with E-state index in [9.17, 15) is 0 Å². The number of hydrogen-bond acceptors (Lipinski definition) is 2. The first-order chi connectivity index (χ1) is 8.81. The third kappa shape index (κ3) is 1.58. The average molecular weight is 236 g/mol. The van der Waals surface area contributed by atoms with E-state index < -0.39 is 0 Å². The lowest BCUT2D eigenvalue weighted by molar-refractivity contribution is 1.18. The summed E-state index contributed by atoms with van der Waals surface area (Å²) in [6.45, 7) is 0. The maximum Gasteiger partial charge on any atom is 0.0485 e. The molecule has 1 aliphatic heterocycles. The van der Waals surface area contributed by atoms with Crippen LogP contribution in [0.4, 0.5) is 11.4 Å². The van der Waals surface area contributed by atoms with E-state index in [4.69, 9.17) is 5.73 Å². The molecule has 0 aromatic heterocycles. The van der Waals surface area contributed by atoms with Gasteiger partial charge in [-0.25, -0.2) is 0 Å². The summed E-state index contributed by atoms with van der Waals surface area (Å²) < 4.78 is 0. The van der Waals surface area contributed by atoms with Gasteiger partial charge in [0.2, 0.25) is 0 Å². The minimum absolute atomic E-state index is 0.883. The second-order valence-electron chi connectivity index (χ2n) is 4.57. The molecule has 1 aliphatic rings. The topological polar surface area (TPSA) is 29.3 Å². The number of nitrogens with zero attached hydrogens (tertiary/aromatic N) is 1. The van der Waals surface area contributed by atoms with Crippen molar-refractivity contribution in [2.24, 2.45) is 5.73 Å². The molecule has 0 radical (unpaired) electrons. The van der Waals surface area contributed by atoms with E-state index in [1.54, 1.807) is 6.20 Å².